The highest BCUT2D eigenvalue weighted by Gasteiger charge is 2.50. The molecule has 1 aromatic heterocycles. The lowest BCUT2D eigenvalue weighted by Gasteiger charge is -2.31. The van der Waals surface area contributed by atoms with Gasteiger partial charge in [0, 0.05) is 29.3 Å². The summed E-state index contributed by atoms with van der Waals surface area (Å²) in [5.41, 5.74) is 3.01. The molecule has 2 aliphatic rings. The normalized spacial score (nSPS) is 19.1. The Morgan fingerprint density at radius 2 is 1.74 bits per heavy atom. The first-order valence-corrected chi connectivity index (χ1v) is 11.1. The highest BCUT2D eigenvalue weighted by Crippen LogP contribution is 2.34. The SMILES string of the molecule is O=C1NC(=O)[C@](CN2Cc3ccc(O)cc3C2=O)(c2ccc(-c3cccc4cccnc34)cc2)N1. The van der Waals surface area contributed by atoms with Crippen LogP contribution in [-0.4, -0.2) is 39.4 Å². The van der Waals surface area contributed by atoms with Gasteiger partial charge in [0.05, 0.1) is 12.1 Å². The third kappa shape index (κ3) is 3.30. The molecule has 35 heavy (non-hydrogen) atoms. The van der Waals surface area contributed by atoms with Gasteiger partial charge in [-0.2, -0.15) is 0 Å². The maximum Gasteiger partial charge on any atom is 0.322 e. The Kier molecular flexibility index (Phi) is 4.57. The molecule has 4 aromatic rings. The summed E-state index contributed by atoms with van der Waals surface area (Å²) < 4.78 is 0. The lowest BCUT2D eigenvalue weighted by atomic mass is 9.87. The maximum atomic E-state index is 13.1. The van der Waals surface area contributed by atoms with E-state index in [2.05, 4.69) is 15.6 Å². The standard InChI is InChI=1S/C27H20N4O4/c32-20-11-8-18-14-31(24(33)22(18)13-20)15-27(25(34)29-26(35)30-27)19-9-6-16(7-10-19)21-5-1-3-17-4-2-12-28-23(17)21/h1-13,32H,14-15H2,(H2,29,30,34,35)/t27-/m0/s1. The number of hydrogen-bond acceptors (Lipinski definition) is 5. The zero-order valence-electron chi connectivity index (χ0n) is 18.5. The van der Waals surface area contributed by atoms with E-state index in [9.17, 15) is 19.5 Å². The number of phenols is 1. The number of carbonyl (C=O) groups is 3. The number of hydrogen-bond donors (Lipinski definition) is 3. The van der Waals surface area contributed by atoms with E-state index < -0.39 is 17.5 Å². The van der Waals surface area contributed by atoms with Crippen LogP contribution in [0.25, 0.3) is 22.0 Å². The number of nitrogens with zero attached hydrogens (tertiary/aromatic N) is 2. The molecule has 0 aliphatic carbocycles. The Morgan fingerprint density at radius 1 is 0.943 bits per heavy atom. The molecule has 0 radical (unpaired) electrons. The van der Waals surface area contributed by atoms with Gasteiger partial charge in [-0.25, -0.2) is 4.79 Å². The first-order chi connectivity index (χ1) is 16.9. The van der Waals surface area contributed by atoms with Crippen LogP contribution in [0.5, 0.6) is 5.75 Å². The molecule has 6 rings (SSSR count). The Balaban J connectivity index is 1.37. The number of urea groups is 1. The van der Waals surface area contributed by atoms with Crippen LogP contribution in [0, 0.1) is 0 Å². The van der Waals surface area contributed by atoms with Crippen LogP contribution >= 0.6 is 0 Å². The summed E-state index contributed by atoms with van der Waals surface area (Å²) in [6.07, 6.45) is 1.75. The zero-order chi connectivity index (χ0) is 24.2. The highest BCUT2D eigenvalue weighted by molar-refractivity contribution is 6.08. The molecule has 2 aliphatic heterocycles. The second-order valence-corrected chi connectivity index (χ2v) is 8.77. The minimum atomic E-state index is -1.44. The van der Waals surface area contributed by atoms with E-state index in [1.165, 1.54) is 17.0 Å². The van der Waals surface area contributed by atoms with Gasteiger partial charge in [0.1, 0.15) is 5.75 Å². The van der Waals surface area contributed by atoms with E-state index in [0.29, 0.717) is 11.1 Å². The van der Waals surface area contributed by atoms with Crippen molar-refractivity contribution >= 4 is 28.7 Å². The number of aromatic nitrogens is 1. The number of benzene rings is 3. The zero-order valence-corrected chi connectivity index (χ0v) is 18.5. The van der Waals surface area contributed by atoms with E-state index in [1.54, 1.807) is 24.4 Å². The van der Waals surface area contributed by atoms with E-state index in [4.69, 9.17) is 0 Å². The quantitative estimate of drug-likeness (QED) is 0.401. The molecular formula is C27H20N4O4. The molecule has 1 saturated heterocycles. The van der Waals surface area contributed by atoms with Crippen LogP contribution in [0.3, 0.4) is 0 Å². The van der Waals surface area contributed by atoms with Gasteiger partial charge in [0.15, 0.2) is 5.54 Å². The van der Waals surface area contributed by atoms with Crippen molar-refractivity contribution in [2.75, 3.05) is 6.54 Å². The summed E-state index contributed by atoms with van der Waals surface area (Å²) in [5.74, 6) is -0.824. The summed E-state index contributed by atoms with van der Waals surface area (Å²) in [6, 6.07) is 21.2. The molecule has 0 spiro atoms. The van der Waals surface area contributed by atoms with Crippen molar-refractivity contribution in [2.45, 2.75) is 12.1 Å². The molecule has 8 nitrogen and oxygen atoms in total. The number of fused-ring (bicyclic) bond motifs is 2. The second kappa shape index (κ2) is 7.66. The Morgan fingerprint density at radius 3 is 2.51 bits per heavy atom. The van der Waals surface area contributed by atoms with Crippen LogP contribution in [0.4, 0.5) is 4.79 Å². The summed E-state index contributed by atoms with van der Waals surface area (Å²) >= 11 is 0. The number of aromatic hydroxyl groups is 1. The number of nitrogens with one attached hydrogen (secondary N) is 2. The monoisotopic (exact) mass is 464 g/mol. The van der Waals surface area contributed by atoms with Gasteiger partial charge < -0.3 is 15.3 Å². The molecular weight excluding hydrogens is 444 g/mol. The van der Waals surface area contributed by atoms with Gasteiger partial charge in [0.2, 0.25) is 0 Å². The van der Waals surface area contributed by atoms with Crippen molar-refractivity contribution in [1.29, 1.82) is 0 Å². The molecule has 3 heterocycles. The fraction of sp³-hybridized carbons (Fsp3) is 0.111. The fourth-order valence-corrected chi connectivity index (χ4v) is 4.93. The summed E-state index contributed by atoms with van der Waals surface area (Å²) in [4.78, 5) is 44.3. The topological polar surface area (TPSA) is 112 Å². The van der Waals surface area contributed by atoms with Crippen molar-refractivity contribution in [3.63, 3.8) is 0 Å². The predicted molar refractivity (Wildman–Crippen MR) is 128 cm³/mol. The molecule has 0 bridgehead atoms. The third-order valence-corrected chi connectivity index (χ3v) is 6.66. The summed E-state index contributed by atoms with van der Waals surface area (Å²) in [5, 5.41) is 15.9. The first-order valence-electron chi connectivity index (χ1n) is 11.1. The Labute approximate surface area is 200 Å². The van der Waals surface area contributed by atoms with Crippen molar-refractivity contribution in [3.8, 4) is 16.9 Å². The number of imide groups is 1. The molecule has 1 fully saturated rings. The first kappa shape index (κ1) is 20.9. The fourth-order valence-electron chi connectivity index (χ4n) is 4.93. The average molecular weight is 464 g/mol. The lowest BCUT2D eigenvalue weighted by Crippen LogP contribution is -2.52. The maximum absolute atomic E-state index is 13.1. The van der Waals surface area contributed by atoms with Gasteiger partial charge in [-0.15, -0.1) is 0 Å². The van der Waals surface area contributed by atoms with Crippen LogP contribution < -0.4 is 10.6 Å². The minimum Gasteiger partial charge on any atom is -0.508 e. The highest BCUT2D eigenvalue weighted by atomic mass is 16.3. The molecule has 0 unspecified atom stereocenters. The third-order valence-electron chi connectivity index (χ3n) is 6.66. The van der Waals surface area contributed by atoms with Crippen LogP contribution in [0.2, 0.25) is 0 Å². The number of phenolic OH excluding ortho intramolecular Hbond substituents is 1. The van der Waals surface area contributed by atoms with E-state index in [1.807, 2.05) is 42.5 Å². The molecule has 3 N–H and O–H groups in total. The molecule has 172 valence electrons. The van der Waals surface area contributed by atoms with E-state index in [-0.39, 0.29) is 24.7 Å². The van der Waals surface area contributed by atoms with Crippen LogP contribution in [-0.2, 0) is 16.9 Å². The van der Waals surface area contributed by atoms with E-state index >= 15 is 0 Å². The van der Waals surface area contributed by atoms with Gasteiger partial charge in [-0.1, -0.05) is 54.6 Å². The van der Waals surface area contributed by atoms with Crippen molar-refractivity contribution in [3.05, 3.63) is 95.7 Å². The Bertz CT molecular complexity index is 1530. The Hall–Kier alpha value is -4.72. The number of amides is 4. The number of carbonyl (C=O) groups excluding carboxylic acids is 3. The predicted octanol–water partition coefficient (Wildman–Crippen LogP) is 3.30. The van der Waals surface area contributed by atoms with Crippen molar-refractivity contribution in [2.24, 2.45) is 0 Å². The lowest BCUT2D eigenvalue weighted by molar-refractivity contribution is -0.124. The smallest absolute Gasteiger partial charge is 0.322 e. The van der Waals surface area contributed by atoms with E-state index in [0.717, 1.165) is 27.6 Å². The van der Waals surface area contributed by atoms with Crippen LogP contribution in [0.1, 0.15) is 21.5 Å². The molecule has 3 aromatic carbocycles. The van der Waals surface area contributed by atoms with Gasteiger partial charge in [-0.3, -0.25) is 19.9 Å². The van der Waals surface area contributed by atoms with Gasteiger partial charge in [0.25, 0.3) is 11.8 Å². The second-order valence-electron chi connectivity index (χ2n) is 8.77. The van der Waals surface area contributed by atoms with Crippen LogP contribution in [0.15, 0.2) is 79.0 Å². The molecule has 0 saturated carbocycles. The van der Waals surface area contributed by atoms with Crippen molar-refractivity contribution < 1.29 is 19.5 Å². The molecule has 8 heteroatoms. The summed E-state index contributed by atoms with van der Waals surface area (Å²) in [6.45, 7) is 0.229. The number of pyridine rings is 1. The van der Waals surface area contributed by atoms with Gasteiger partial charge in [-0.05, 0) is 34.9 Å². The minimum absolute atomic E-state index is 0.000843. The number of rotatable bonds is 4. The number of para-hydroxylation sites is 1. The average Bonchev–Trinajstić information content (AvgIpc) is 3.33. The molecule has 4 amide bonds. The summed E-state index contributed by atoms with van der Waals surface area (Å²) in [7, 11) is 0. The van der Waals surface area contributed by atoms with Gasteiger partial charge >= 0.3 is 6.03 Å². The largest absolute Gasteiger partial charge is 0.508 e. The molecule has 1 atom stereocenters. The van der Waals surface area contributed by atoms with Crippen molar-refractivity contribution in [1.82, 2.24) is 20.5 Å².